The van der Waals surface area contributed by atoms with Crippen molar-refractivity contribution in [3.05, 3.63) is 29.8 Å². The molecule has 4 N–H and O–H groups in total. The number of likely N-dealkylation sites (tertiary alicyclic amines) is 1. The van der Waals surface area contributed by atoms with Crippen molar-refractivity contribution in [1.82, 2.24) is 4.90 Å². The number of halogens is 1. The summed E-state index contributed by atoms with van der Waals surface area (Å²) < 4.78 is 5.50. The number of primary amides is 1. The second-order valence-corrected chi connectivity index (χ2v) is 5.23. The Morgan fingerprint density at radius 2 is 2.14 bits per heavy atom. The van der Waals surface area contributed by atoms with Crippen LogP contribution in [-0.4, -0.2) is 42.5 Å². The summed E-state index contributed by atoms with van der Waals surface area (Å²) in [4.78, 5) is 24.9. The number of rotatable bonds is 5. The Bertz CT molecular complexity index is 525. The summed E-state index contributed by atoms with van der Waals surface area (Å²) in [6.45, 7) is 1.66. The van der Waals surface area contributed by atoms with Crippen LogP contribution in [0.3, 0.4) is 0 Å². The van der Waals surface area contributed by atoms with Crippen molar-refractivity contribution in [2.24, 2.45) is 11.5 Å². The highest BCUT2D eigenvalue weighted by Crippen LogP contribution is 2.14. The maximum absolute atomic E-state index is 12.0. The quantitative estimate of drug-likeness (QED) is 0.840. The van der Waals surface area contributed by atoms with Gasteiger partial charge in [0.15, 0.2) is 0 Å². The SMILES string of the molecule is Cl.NC(=O)c1cccc(OCCC(=O)N2CCCC(N)C2)c1. The molecule has 1 heterocycles. The second kappa shape index (κ2) is 8.60. The number of piperidine rings is 1. The van der Waals surface area contributed by atoms with Crippen LogP contribution in [0.2, 0.25) is 0 Å². The van der Waals surface area contributed by atoms with E-state index < -0.39 is 5.91 Å². The van der Waals surface area contributed by atoms with Gasteiger partial charge in [-0.1, -0.05) is 6.07 Å². The van der Waals surface area contributed by atoms with Gasteiger partial charge in [-0.3, -0.25) is 9.59 Å². The van der Waals surface area contributed by atoms with E-state index in [0.29, 0.717) is 24.3 Å². The first-order valence-electron chi connectivity index (χ1n) is 7.12. The molecule has 1 saturated heterocycles. The summed E-state index contributed by atoms with van der Waals surface area (Å²) in [7, 11) is 0. The summed E-state index contributed by atoms with van der Waals surface area (Å²) in [6.07, 6.45) is 2.22. The topological polar surface area (TPSA) is 98.7 Å². The van der Waals surface area contributed by atoms with E-state index >= 15 is 0 Å². The van der Waals surface area contributed by atoms with Gasteiger partial charge in [0.25, 0.3) is 0 Å². The highest BCUT2D eigenvalue weighted by Gasteiger charge is 2.20. The van der Waals surface area contributed by atoms with Gasteiger partial charge in [-0.25, -0.2) is 0 Å². The molecule has 1 unspecified atom stereocenters. The van der Waals surface area contributed by atoms with Gasteiger partial charge < -0.3 is 21.1 Å². The molecule has 1 aliphatic rings. The molecule has 0 radical (unpaired) electrons. The Labute approximate surface area is 136 Å². The van der Waals surface area contributed by atoms with Gasteiger partial charge in [0.1, 0.15) is 5.75 Å². The van der Waals surface area contributed by atoms with E-state index in [-0.39, 0.29) is 31.0 Å². The van der Waals surface area contributed by atoms with Crippen LogP contribution >= 0.6 is 12.4 Å². The van der Waals surface area contributed by atoms with Crippen LogP contribution in [0.15, 0.2) is 24.3 Å². The fourth-order valence-electron chi connectivity index (χ4n) is 2.39. The molecule has 1 atom stereocenters. The van der Waals surface area contributed by atoms with Crippen LogP contribution in [0.5, 0.6) is 5.75 Å². The Hall–Kier alpha value is -1.79. The van der Waals surface area contributed by atoms with E-state index in [4.69, 9.17) is 16.2 Å². The zero-order valence-corrected chi connectivity index (χ0v) is 13.2. The molecule has 0 aliphatic carbocycles. The fourth-order valence-corrected chi connectivity index (χ4v) is 2.39. The maximum Gasteiger partial charge on any atom is 0.248 e. The first-order chi connectivity index (χ1) is 10.1. The molecule has 2 amide bonds. The Morgan fingerprint density at radius 1 is 1.36 bits per heavy atom. The lowest BCUT2D eigenvalue weighted by atomic mass is 10.1. The summed E-state index contributed by atoms with van der Waals surface area (Å²) in [5.41, 5.74) is 11.5. The summed E-state index contributed by atoms with van der Waals surface area (Å²) in [5, 5.41) is 0. The van der Waals surface area contributed by atoms with Gasteiger partial charge in [-0.2, -0.15) is 0 Å². The molecule has 6 nitrogen and oxygen atoms in total. The first-order valence-corrected chi connectivity index (χ1v) is 7.12. The van der Waals surface area contributed by atoms with Crippen molar-refractivity contribution in [3.63, 3.8) is 0 Å². The van der Waals surface area contributed by atoms with Crippen LogP contribution in [0.4, 0.5) is 0 Å². The zero-order valence-electron chi connectivity index (χ0n) is 12.4. The standard InChI is InChI=1S/C15H21N3O3.ClH/c16-12-4-2-7-18(10-12)14(19)6-8-21-13-5-1-3-11(9-13)15(17)20;/h1,3,5,9,12H,2,4,6-8,10,16H2,(H2,17,20);1H. The van der Waals surface area contributed by atoms with Crippen molar-refractivity contribution in [3.8, 4) is 5.75 Å². The van der Waals surface area contributed by atoms with Crippen LogP contribution < -0.4 is 16.2 Å². The monoisotopic (exact) mass is 327 g/mol. The van der Waals surface area contributed by atoms with Crippen molar-refractivity contribution in [2.45, 2.75) is 25.3 Å². The van der Waals surface area contributed by atoms with Crippen molar-refractivity contribution < 1.29 is 14.3 Å². The predicted molar refractivity (Wildman–Crippen MR) is 86.1 cm³/mol. The van der Waals surface area contributed by atoms with E-state index in [1.54, 1.807) is 29.2 Å². The third kappa shape index (κ3) is 5.20. The Kier molecular flexibility index (Phi) is 7.14. The number of hydrogen-bond acceptors (Lipinski definition) is 4. The summed E-state index contributed by atoms with van der Waals surface area (Å²) in [6, 6.07) is 6.70. The van der Waals surface area contributed by atoms with Crippen molar-refractivity contribution >= 4 is 24.2 Å². The number of hydrogen-bond donors (Lipinski definition) is 2. The van der Waals surface area contributed by atoms with Crippen molar-refractivity contribution in [1.29, 1.82) is 0 Å². The molecular formula is C15H22ClN3O3. The second-order valence-electron chi connectivity index (χ2n) is 5.23. The predicted octanol–water partition coefficient (Wildman–Crippen LogP) is 0.926. The van der Waals surface area contributed by atoms with E-state index in [9.17, 15) is 9.59 Å². The number of amides is 2. The minimum absolute atomic E-state index is 0. The van der Waals surface area contributed by atoms with Gasteiger partial charge >= 0.3 is 0 Å². The summed E-state index contributed by atoms with van der Waals surface area (Å²) >= 11 is 0. The smallest absolute Gasteiger partial charge is 0.248 e. The molecule has 0 bridgehead atoms. The number of nitrogens with zero attached hydrogens (tertiary/aromatic N) is 1. The number of carbonyl (C=O) groups excluding carboxylic acids is 2. The highest BCUT2D eigenvalue weighted by atomic mass is 35.5. The molecule has 122 valence electrons. The third-order valence-electron chi connectivity index (χ3n) is 3.51. The van der Waals surface area contributed by atoms with Crippen LogP contribution in [0, 0.1) is 0 Å². The molecule has 0 aromatic heterocycles. The maximum atomic E-state index is 12.0. The lowest BCUT2D eigenvalue weighted by Gasteiger charge is -2.30. The first kappa shape index (κ1) is 18.3. The van der Waals surface area contributed by atoms with Gasteiger partial charge in [-0.15, -0.1) is 12.4 Å². The largest absolute Gasteiger partial charge is 0.493 e. The normalized spacial score (nSPS) is 17.5. The lowest BCUT2D eigenvalue weighted by molar-refractivity contribution is -0.132. The van der Waals surface area contributed by atoms with Crippen LogP contribution in [0.1, 0.15) is 29.6 Å². The molecule has 2 rings (SSSR count). The van der Waals surface area contributed by atoms with Gasteiger partial charge in [-0.05, 0) is 31.0 Å². The van der Waals surface area contributed by atoms with Crippen molar-refractivity contribution in [2.75, 3.05) is 19.7 Å². The molecule has 1 aromatic rings. The number of carbonyl (C=O) groups is 2. The van der Waals surface area contributed by atoms with Gasteiger partial charge in [0.05, 0.1) is 13.0 Å². The molecule has 1 fully saturated rings. The van der Waals surface area contributed by atoms with E-state index in [0.717, 1.165) is 19.4 Å². The minimum atomic E-state index is -0.501. The molecule has 0 spiro atoms. The van der Waals surface area contributed by atoms with Crippen LogP contribution in [-0.2, 0) is 4.79 Å². The average molecular weight is 328 g/mol. The number of benzene rings is 1. The minimum Gasteiger partial charge on any atom is -0.493 e. The Morgan fingerprint density at radius 3 is 2.82 bits per heavy atom. The molecule has 22 heavy (non-hydrogen) atoms. The van der Waals surface area contributed by atoms with Gasteiger partial charge in [0.2, 0.25) is 11.8 Å². The van der Waals surface area contributed by atoms with E-state index in [2.05, 4.69) is 0 Å². The highest BCUT2D eigenvalue weighted by molar-refractivity contribution is 5.93. The average Bonchev–Trinajstić information content (AvgIpc) is 2.47. The zero-order chi connectivity index (χ0) is 15.2. The Balaban J connectivity index is 0.00000242. The van der Waals surface area contributed by atoms with Crippen LogP contribution in [0.25, 0.3) is 0 Å². The lowest BCUT2D eigenvalue weighted by Crippen LogP contribution is -2.46. The molecule has 7 heteroatoms. The molecule has 1 aliphatic heterocycles. The molecular weight excluding hydrogens is 306 g/mol. The van der Waals surface area contributed by atoms with E-state index in [1.807, 2.05) is 0 Å². The van der Waals surface area contributed by atoms with E-state index in [1.165, 1.54) is 0 Å². The fraction of sp³-hybridized carbons (Fsp3) is 0.467. The molecule has 1 aromatic carbocycles. The number of ether oxygens (including phenoxy) is 1. The summed E-state index contributed by atoms with van der Waals surface area (Å²) in [5.74, 6) is 0.0875. The third-order valence-corrected chi connectivity index (χ3v) is 3.51. The van der Waals surface area contributed by atoms with Gasteiger partial charge in [0, 0.05) is 24.7 Å². The molecule has 0 saturated carbocycles. The number of nitrogens with two attached hydrogens (primary N) is 2.